The molecule has 1 amide bonds. The van der Waals surface area contributed by atoms with E-state index < -0.39 is 35.8 Å². The van der Waals surface area contributed by atoms with Crippen LogP contribution >= 0.6 is 40.0 Å². The molecule has 0 aromatic carbocycles. The van der Waals surface area contributed by atoms with Crippen LogP contribution < -0.4 is 0 Å². The van der Waals surface area contributed by atoms with Crippen LogP contribution in [0, 0.1) is 11.8 Å². The number of ketones is 2. The number of cyclic esters (lactones) is 2. The molecule has 1 saturated heterocycles. The Balaban J connectivity index is 0.00000226. The Morgan fingerprint density at radius 1 is 1.09 bits per heavy atom. The molecule has 0 saturated carbocycles. The minimum atomic E-state index is -0.868. The molecule has 1 aromatic rings. The molecule has 1 aromatic heterocycles. The van der Waals surface area contributed by atoms with Crippen molar-refractivity contribution < 1.29 is 42.9 Å². The molecule has 2 aliphatic heterocycles. The third-order valence-electron chi connectivity index (χ3n) is 8.10. The first-order valence-corrected chi connectivity index (χ1v) is 24.4. The summed E-state index contributed by atoms with van der Waals surface area (Å²) in [5.41, 5.74) is 1.92. The van der Waals surface area contributed by atoms with Crippen LogP contribution in [0.4, 0.5) is 0 Å². The Kier molecular flexibility index (Phi) is 19.4. The van der Waals surface area contributed by atoms with Crippen LogP contribution in [0.3, 0.4) is 0 Å². The first-order valence-electron chi connectivity index (χ1n) is 15.4. The summed E-state index contributed by atoms with van der Waals surface area (Å²) >= 11 is 4.74. The molecule has 12 heteroatoms. The van der Waals surface area contributed by atoms with Gasteiger partial charge in [0, 0.05) is 44.1 Å². The maximum atomic E-state index is 13.5. The number of halogens is 2. The molecular formula is C33H44I2N2O7V. The van der Waals surface area contributed by atoms with Gasteiger partial charge in [-0.1, -0.05) is 30.7 Å². The molecule has 0 bridgehead atoms. The number of piperidine rings is 1. The van der Waals surface area contributed by atoms with Crippen molar-refractivity contribution in [2.45, 2.75) is 96.6 Å². The first-order chi connectivity index (χ1) is 21.6. The van der Waals surface area contributed by atoms with Crippen LogP contribution in [0.15, 0.2) is 48.8 Å². The Morgan fingerprint density at radius 2 is 1.84 bits per heavy atom. The number of Topliss-reactive ketones (excluding diaryl/α,β-unsaturated/α-hetero) is 2. The monoisotopic (exact) mass is 885 g/mol. The molecule has 0 aliphatic carbocycles. The van der Waals surface area contributed by atoms with Gasteiger partial charge in [0.2, 0.25) is 5.78 Å². The molecule has 3 rings (SSSR count). The summed E-state index contributed by atoms with van der Waals surface area (Å²) in [6.45, 7) is 8.06. The number of esters is 2. The van der Waals surface area contributed by atoms with E-state index in [0.29, 0.717) is 60.8 Å². The summed E-state index contributed by atoms with van der Waals surface area (Å²) in [4.78, 5) is 70.3. The van der Waals surface area contributed by atoms with E-state index in [1.165, 1.54) is 4.90 Å². The number of rotatable bonds is 5. The van der Waals surface area contributed by atoms with Crippen molar-refractivity contribution in [1.82, 2.24) is 9.88 Å². The van der Waals surface area contributed by atoms with Gasteiger partial charge in [-0.3, -0.25) is 24.2 Å². The summed E-state index contributed by atoms with van der Waals surface area (Å²) in [6.07, 6.45) is 10.9. The van der Waals surface area contributed by atoms with Crippen LogP contribution in [0.1, 0.15) is 83.6 Å². The third-order valence-corrected chi connectivity index (χ3v) is 8.10. The van der Waals surface area contributed by atoms with Crippen LogP contribution in [0.5, 0.6) is 0 Å². The second-order valence-electron chi connectivity index (χ2n) is 11.5. The zero-order valence-electron chi connectivity index (χ0n) is 26.1. The fourth-order valence-corrected chi connectivity index (χ4v) is 5.48. The third kappa shape index (κ3) is 14.4. The van der Waals surface area contributed by atoms with Gasteiger partial charge in [0.15, 0.2) is 0 Å². The van der Waals surface area contributed by atoms with Crippen molar-refractivity contribution in [3.05, 3.63) is 54.4 Å². The number of aromatic nitrogens is 1. The summed E-state index contributed by atoms with van der Waals surface area (Å²) < 4.78 is 11.3. The molecule has 3 unspecified atom stereocenters. The molecule has 9 nitrogen and oxygen atoms in total. The van der Waals surface area contributed by atoms with Gasteiger partial charge in [-0.05, 0) is 69.4 Å². The second kappa shape index (κ2) is 22.1. The zero-order chi connectivity index (χ0) is 33.2. The van der Waals surface area contributed by atoms with E-state index >= 15 is 0 Å². The quantitative estimate of drug-likeness (QED) is 0.143. The summed E-state index contributed by atoms with van der Waals surface area (Å²) in [6, 6.07) is 2.95. The van der Waals surface area contributed by atoms with Gasteiger partial charge in [0.25, 0.3) is 5.91 Å². The van der Waals surface area contributed by atoms with Crippen molar-refractivity contribution in [3.8, 4) is 0 Å². The molecule has 4 atom stereocenters. The van der Waals surface area contributed by atoms with Crippen LogP contribution in [0.25, 0.3) is 0 Å². The Hall–Kier alpha value is -1.58. The molecule has 247 valence electrons. The number of ether oxygens (including phenoxy) is 2. The maximum absolute atomic E-state index is 13.5. The average molecular weight is 885 g/mol. The summed E-state index contributed by atoms with van der Waals surface area (Å²) in [5, 5.41) is 0. The predicted octanol–water partition coefficient (Wildman–Crippen LogP) is 6.50. The number of allylic oxidation sites excluding steroid dienone is 2. The number of carbonyl (C=O) groups excluding carboxylic acids is 5. The van der Waals surface area contributed by atoms with E-state index in [0.717, 1.165) is 17.6 Å². The first kappa shape index (κ1) is 39.6. The van der Waals surface area contributed by atoms with Crippen LogP contribution in [0.2, 0.25) is 0 Å². The van der Waals surface area contributed by atoms with Crippen LogP contribution in [-0.4, -0.2) is 64.6 Å². The van der Waals surface area contributed by atoms with E-state index in [2.05, 4.69) is 51.5 Å². The molecule has 0 N–H and O–H groups in total. The SMILES string of the molecule is C=CCC1/C=C(\C)CCOC(=O)CCC(=O)C(=O)N2CCCC[C@H]2C(=O)OC(CCc2cccnc2)C(C)CCC1=O.[I][V][I]. The van der Waals surface area contributed by atoms with E-state index in [1.807, 2.05) is 32.1 Å². The minimum absolute atomic E-state index is 0.0763. The number of pyridine rings is 1. The zero-order valence-corrected chi connectivity index (χ0v) is 31.8. The normalized spacial score (nSPS) is 25.7. The van der Waals surface area contributed by atoms with Gasteiger partial charge in [0.05, 0.1) is 13.0 Å². The Bertz CT molecular complexity index is 1180. The van der Waals surface area contributed by atoms with Gasteiger partial charge in [-0.15, -0.1) is 6.58 Å². The molecule has 45 heavy (non-hydrogen) atoms. The number of aryl methyl sites for hydroxylation is 1. The predicted molar refractivity (Wildman–Crippen MR) is 185 cm³/mol. The number of nitrogens with zero attached hydrogens (tertiary/aromatic N) is 2. The molecule has 2 aliphatic rings. The van der Waals surface area contributed by atoms with Gasteiger partial charge in [-0.2, -0.15) is 0 Å². The van der Waals surface area contributed by atoms with E-state index in [4.69, 9.17) is 9.47 Å². The number of carbonyl (C=O) groups is 5. The average Bonchev–Trinajstić information content (AvgIpc) is 3.04. The number of fused-ring (bicyclic) bond motifs is 1. The Labute approximate surface area is 295 Å². The number of hydrogen-bond donors (Lipinski definition) is 0. The summed E-state index contributed by atoms with van der Waals surface area (Å²) in [7, 11) is 0.628. The van der Waals surface area contributed by atoms with Gasteiger partial charge in [0.1, 0.15) is 17.9 Å². The van der Waals surface area contributed by atoms with Gasteiger partial charge >= 0.3 is 61.4 Å². The number of amides is 1. The van der Waals surface area contributed by atoms with E-state index in [9.17, 15) is 24.0 Å². The van der Waals surface area contributed by atoms with Gasteiger partial charge in [-0.25, -0.2) is 4.79 Å². The topological polar surface area (TPSA) is 120 Å². The van der Waals surface area contributed by atoms with Crippen molar-refractivity contribution >= 4 is 69.4 Å². The molecule has 1 fully saturated rings. The Morgan fingerprint density at radius 3 is 2.53 bits per heavy atom. The standard InChI is InChI=1S/C33H44N2O7.2HI.V/c1-4-8-26-21-23(2)17-20-41-31(38)16-14-29(37)32(39)35-19-6-5-10-27(35)33(40)42-30(24(3)11-13-28(26)36)15-12-25-9-7-18-34-22-25;;;/h4,7,9,18,21-22,24,26-27,30H,1,5-6,8,10-17,19-20H2,2-3H3;2*1H;/q;;;+2/p-2/b23-21+;;;/t24?,26?,27-,30?;;;/m0.../s1. The summed E-state index contributed by atoms with van der Waals surface area (Å²) in [5.74, 6) is -2.98. The molecule has 0 spiro atoms. The second-order valence-corrected chi connectivity index (χ2v) is 23.3. The van der Waals surface area contributed by atoms with E-state index in [-0.39, 0.29) is 43.6 Å². The van der Waals surface area contributed by atoms with Crippen molar-refractivity contribution in [2.75, 3.05) is 13.2 Å². The fourth-order valence-electron chi connectivity index (χ4n) is 5.48. The molecule has 3 heterocycles. The fraction of sp³-hybridized carbons (Fsp3) is 0.576. The molecule has 0 radical (unpaired) electrons. The molecular weight excluding hydrogens is 841 g/mol. The van der Waals surface area contributed by atoms with Crippen molar-refractivity contribution in [1.29, 1.82) is 0 Å². The van der Waals surface area contributed by atoms with Crippen LogP contribution in [-0.2, 0) is 49.3 Å². The number of hydrogen-bond acceptors (Lipinski definition) is 8. The van der Waals surface area contributed by atoms with Crippen molar-refractivity contribution in [2.24, 2.45) is 11.8 Å². The van der Waals surface area contributed by atoms with Crippen molar-refractivity contribution in [3.63, 3.8) is 0 Å². The van der Waals surface area contributed by atoms with Gasteiger partial charge < -0.3 is 14.4 Å². The van der Waals surface area contributed by atoms with E-state index in [1.54, 1.807) is 18.5 Å².